The number of ether oxygens (including phenoxy) is 2. The fraction of sp³-hybridized carbons (Fsp3) is 0.176. The summed E-state index contributed by atoms with van der Waals surface area (Å²) in [4.78, 5) is 24.5. The number of hydrogen-bond acceptors (Lipinski definition) is 6. The Bertz CT molecular complexity index is 1080. The first-order valence-electron chi connectivity index (χ1n) is 7.81. The molecule has 2 aromatic carbocycles. The lowest BCUT2D eigenvalue weighted by atomic mass is 10.2. The number of hydrogen-bond donors (Lipinski definition) is 2. The van der Waals surface area contributed by atoms with Crippen LogP contribution in [-0.4, -0.2) is 33.5 Å². The Morgan fingerprint density at radius 1 is 1.07 bits per heavy atom. The number of sulfonamides is 1. The van der Waals surface area contributed by atoms with Crippen molar-refractivity contribution in [1.29, 1.82) is 0 Å². The molecule has 0 bridgehead atoms. The fourth-order valence-corrected chi connectivity index (χ4v) is 3.29. The van der Waals surface area contributed by atoms with E-state index in [-0.39, 0.29) is 37.0 Å². The van der Waals surface area contributed by atoms with Gasteiger partial charge in [0.15, 0.2) is 6.10 Å². The molecule has 29 heavy (non-hydrogen) atoms. The van der Waals surface area contributed by atoms with Gasteiger partial charge in [-0.2, -0.15) is 0 Å². The molecule has 0 radical (unpaired) electrons. The molecule has 0 aliphatic carbocycles. The number of primary sulfonamides is 1. The summed E-state index contributed by atoms with van der Waals surface area (Å²) >= 11 is 17.7. The smallest absolute Gasteiger partial charge is 0.342 e. The van der Waals surface area contributed by atoms with E-state index in [1.54, 1.807) is 0 Å². The Morgan fingerprint density at radius 3 is 2.28 bits per heavy atom. The van der Waals surface area contributed by atoms with Crippen LogP contribution in [0.5, 0.6) is 5.75 Å². The number of halogens is 3. The van der Waals surface area contributed by atoms with Gasteiger partial charge in [-0.05, 0) is 37.3 Å². The summed E-state index contributed by atoms with van der Waals surface area (Å²) in [5.41, 5.74) is -0.0472. The van der Waals surface area contributed by atoms with Crippen LogP contribution >= 0.6 is 34.8 Å². The van der Waals surface area contributed by atoms with Crippen LogP contribution in [0.25, 0.3) is 0 Å². The van der Waals surface area contributed by atoms with Crippen LogP contribution in [0, 0.1) is 0 Å². The summed E-state index contributed by atoms with van der Waals surface area (Å²) in [5, 5.41) is 8.04. The van der Waals surface area contributed by atoms with Gasteiger partial charge in [0.1, 0.15) is 11.3 Å². The molecule has 0 saturated heterocycles. The SMILES string of the molecule is COc1ccc(S(N)(=O)=O)cc1C(=O)OC(C)C(=O)Nc1cc(Cl)c(Cl)cc1Cl. The molecule has 0 aliphatic rings. The Balaban J connectivity index is 2.20. The number of nitrogens with two attached hydrogens (primary N) is 1. The molecule has 0 saturated carbocycles. The van der Waals surface area contributed by atoms with E-state index >= 15 is 0 Å². The van der Waals surface area contributed by atoms with E-state index in [4.69, 9.17) is 49.4 Å². The number of carbonyl (C=O) groups is 2. The largest absolute Gasteiger partial charge is 0.496 e. The number of benzene rings is 2. The van der Waals surface area contributed by atoms with E-state index in [2.05, 4.69) is 5.32 Å². The molecule has 0 spiro atoms. The lowest BCUT2D eigenvalue weighted by Gasteiger charge is -2.16. The van der Waals surface area contributed by atoms with Gasteiger partial charge in [0.25, 0.3) is 5.91 Å². The molecule has 1 atom stereocenters. The minimum atomic E-state index is -4.06. The lowest BCUT2D eigenvalue weighted by molar-refractivity contribution is -0.123. The van der Waals surface area contributed by atoms with Crippen molar-refractivity contribution < 1.29 is 27.5 Å². The summed E-state index contributed by atoms with van der Waals surface area (Å²) in [5.74, 6) is -1.65. The highest BCUT2D eigenvalue weighted by Gasteiger charge is 2.24. The van der Waals surface area contributed by atoms with Crippen LogP contribution in [0.2, 0.25) is 15.1 Å². The molecule has 2 rings (SSSR count). The molecule has 12 heteroatoms. The molecule has 3 N–H and O–H groups in total. The highest BCUT2D eigenvalue weighted by molar-refractivity contribution is 7.89. The minimum absolute atomic E-state index is 0.0440. The van der Waals surface area contributed by atoms with E-state index in [0.29, 0.717) is 0 Å². The molecule has 2 aromatic rings. The van der Waals surface area contributed by atoms with Crippen LogP contribution in [0.1, 0.15) is 17.3 Å². The zero-order chi connectivity index (χ0) is 21.9. The second-order valence-corrected chi connectivity index (χ2v) is 8.47. The molecule has 8 nitrogen and oxygen atoms in total. The lowest BCUT2D eigenvalue weighted by Crippen LogP contribution is -2.30. The van der Waals surface area contributed by atoms with Crippen LogP contribution in [-0.2, 0) is 19.6 Å². The maximum atomic E-state index is 12.5. The molecular weight excluding hydrogens is 467 g/mol. The van der Waals surface area contributed by atoms with Crippen molar-refractivity contribution in [3.05, 3.63) is 51.0 Å². The topological polar surface area (TPSA) is 125 Å². The molecular formula is C17H15Cl3N2O6S. The van der Waals surface area contributed by atoms with Gasteiger partial charge in [0.2, 0.25) is 10.0 Å². The van der Waals surface area contributed by atoms with E-state index in [9.17, 15) is 18.0 Å². The number of amides is 1. The zero-order valence-corrected chi connectivity index (χ0v) is 18.1. The molecule has 0 aliphatic heterocycles. The molecule has 0 aromatic heterocycles. The molecule has 1 amide bonds. The highest BCUT2D eigenvalue weighted by Crippen LogP contribution is 2.32. The molecule has 156 valence electrons. The molecule has 1 unspecified atom stereocenters. The summed E-state index contributed by atoms with van der Waals surface area (Å²) in [7, 11) is -2.78. The maximum absolute atomic E-state index is 12.5. The fourth-order valence-electron chi connectivity index (χ4n) is 2.15. The van der Waals surface area contributed by atoms with Crippen molar-refractivity contribution in [2.45, 2.75) is 17.9 Å². The third kappa shape index (κ3) is 5.74. The van der Waals surface area contributed by atoms with Crippen LogP contribution in [0.4, 0.5) is 5.69 Å². The van der Waals surface area contributed by atoms with Gasteiger partial charge < -0.3 is 14.8 Å². The van der Waals surface area contributed by atoms with Gasteiger partial charge in [0.05, 0.1) is 32.8 Å². The Hall–Kier alpha value is -2.04. The minimum Gasteiger partial charge on any atom is -0.496 e. The van der Waals surface area contributed by atoms with E-state index in [1.165, 1.54) is 38.3 Å². The second kappa shape index (κ2) is 9.19. The number of nitrogens with one attached hydrogen (secondary N) is 1. The van der Waals surface area contributed by atoms with E-state index in [0.717, 1.165) is 6.07 Å². The van der Waals surface area contributed by atoms with Crippen LogP contribution < -0.4 is 15.2 Å². The number of methoxy groups -OCH3 is 1. The summed E-state index contributed by atoms with van der Waals surface area (Å²) in [6.45, 7) is 1.31. The monoisotopic (exact) mass is 480 g/mol. The van der Waals surface area contributed by atoms with Crippen molar-refractivity contribution in [3.63, 3.8) is 0 Å². The normalized spacial score (nSPS) is 12.2. The van der Waals surface area contributed by atoms with Crippen LogP contribution in [0.3, 0.4) is 0 Å². The van der Waals surface area contributed by atoms with Crippen molar-refractivity contribution in [2.75, 3.05) is 12.4 Å². The number of anilines is 1. The molecule has 0 fully saturated rings. The average Bonchev–Trinajstić information content (AvgIpc) is 2.64. The first-order valence-corrected chi connectivity index (χ1v) is 10.5. The maximum Gasteiger partial charge on any atom is 0.342 e. The van der Waals surface area contributed by atoms with E-state index < -0.39 is 28.0 Å². The van der Waals surface area contributed by atoms with Crippen LogP contribution in [0.15, 0.2) is 35.2 Å². The van der Waals surface area contributed by atoms with Crippen molar-refractivity contribution >= 4 is 62.4 Å². The third-order valence-corrected chi connectivity index (χ3v) is 5.59. The van der Waals surface area contributed by atoms with Crippen molar-refractivity contribution in [2.24, 2.45) is 5.14 Å². The number of carbonyl (C=O) groups excluding carboxylic acids is 2. The zero-order valence-electron chi connectivity index (χ0n) is 15.0. The standard InChI is InChI=1S/C17H15Cl3N2O6S/c1-8(16(23)22-14-7-12(19)11(18)6-13(14)20)28-17(24)10-5-9(29(21,25)26)3-4-15(10)27-2/h3-8H,1-2H3,(H,22,23)(H2,21,25,26). The quantitative estimate of drug-likeness (QED) is 0.481. The van der Waals surface area contributed by atoms with Gasteiger partial charge in [-0.3, -0.25) is 4.79 Å². The number of esters is 1. The average molecular weight is 482 g/mol. The summed E-state index contributed by atoms with van der Waals surface area (Å²) < 4.78 is 33.2. The molecule has 0 heterocycles. The van der Waals surface area contributed by atoms with Gasteiger partial charge in [-0.1, -0.05) is 34.8 Å². The van der Waals surface area contributed by atoms with Gasteiger partial charge >= 0.3 is 5.97 Å². The Morgan fingerprint density at radius 2 is 1.69 bits per heavy atom. The first-order chi connectivity index (χ1) is 13.4. The Kier molecular flexibility index (Phi) is 7.36. The van der Waals surface area contributed by atoms with E-state index in [1.807, 2.05) is 0 Å². The second-order valence-electron chi connectivity index (χ2n) is 5.69. The first kappa shape index (κ1) is 23.2. The third-order valence-electron chi connectivity index (χ3n) is 3.64. The summed E-state index contributed by atoms with van der Waals surface area (Å²) in [6, 6.07) is 6.11. The Labute approximate surface area is 181 Å². The predicted molar refractivity (Wildman–Crippen MR) is 109 cm³/mol. The van der Waals surface area contributed by atoms with Gasteiger partial charge in [-0.15, -0.1) is 0 Å². The number of rotatable bonds is 6. The van der Waals surface area contributed by atoms with Crippen molar-refractivity contribution in [3.8, 4) is 5.75 Å². The predicted octanol–water partition coefficient (Wildman–Crippen LogP) is 3.49. The highest BCUT2D eigenvalue weighted by atomic mass is 35.5. The van der Waals surface area contributed by atoms with Gasteiger partial charge in [-0.25, -0.2) is 18.4 Å². The van der Waals surface area contributed by atoms with Crippen molar-refractivity contribution in [1.82, 2.24) is 0 Å². The van der Waals surface area contributed by atoms with Gasteiger partial charge in [0, 0.05) is 0 Å². The summed E-state index contributed by atoms with van der Waals surface area (Å²) in [6.07, 6.45) is -1.27.